The molecule has 40 valence electrons. The summed E-state index contributed by atoms with van der Waals surface area (Å²) in [6.45, 7) is 2.91. The van der Waals surface area contributed by atoms with E-state index < -0.39 is 0 Å². The molecule has 0 amide bonds. The Labute approximate surface area is 42.8 Å². The summed E-state index contributed by atoms with van der Waals surface area (Å²) in [5.41, 5.74) is 2.84. The second-order valence-corrected chi connectivity index (χ2v) is 1.57. The SMILES string of the molecule is CC1NCC=NN1. The molecule has 0 saturated carbocycles. The molecular weight excluding hydrogens is 90.1 g/mol. The second-order valence-electron chi connectivity index (χ2n) is 1.57. The van der Waals surface area contributed by atoms with E-state index in [1.165, 1.54) is 0 Å². The summed E-state index contributed by atoms with van der Waals surface area (Å²) in [6, 6.07) is 0. The molecule has 1 heterocycles. The van der Waals surface area contributed by atoms with Gasteiger partial charge in [-0.05, 0) is 6.92 Å². The molecule has 0 aromatic heterocycles. The Hall–Kier alpha value is -0.570. The Balaban J connectivity index is 2.32. The normalized spacial score (nSPS) is 29.6. The van der Waals surface area contributed by atoms with Crippen LogP contribution in [0.1, 0.15) is 6.92 Å². The van der Waals surface area contributed by atoms with Gasteiger partial charge in [-0.3, -0.25) is 10.7 Å². The average molecular weight is 99.1 g/mol. The van der Waals surface area contributed by atoms with Crippen LogP contribution in [-0.4, -0.2) is 18.9 Å². The fraction of sp³-hybridized carbons (Fsp3) is 0.750. The number of nitrogens with zero attached hydrogens (tertiary/aromatic N) is 1. The highest BCUT2D eigenvalue weighted by Crippen LogP contribution is 1.75. The average Bonchev–Trinajstić information content (AvgIpc) is 1.69. The van der Waals surface area contributed by atoms with Crippen LogP contribution >= 0.6 is 0 Å². The minimum absolute atomic E-state index is 0.338. The van der Waals surface area contributed by atoms with E-state index in [1.54, 1.807) is 6.21 Å². The fourth-order valence-electron chi connectivity index (χ4n) is 0.485. The van der Waals surface area contributed by atoms with Crippen molar-refractivity contribution in [3.05, 3.63) is 0 Å². The molecule has 3 heteroatoms. The Kier molecular flexibility index (Phi) is 1.26. The first-order valence-corrected chi connectivity index (χ1v) is 2.40. The predicted octanol–water partition coefficient (Wildman–Crippen LogP) is -0.489. The number of hydrogen-bond donors (Lipinski definition) is 2. The van der Waals surface area contributed by atoms with E-state index in [0.717, 1.165) is 6.54 Å². The minimum Gasteiger partial charge on any atom is -0.293 e. The van der Waals surface area contributed by atoms with Gasteiger partial charge in [0.25, 0.3) is 0 Å². The lowest BCUT2D eigenvalue weighted by Gasteiger charge is -2.14. The third kappa shape index (κ3) is 1.16. The molecule has 2 N–H and O–H groups in total. The number of hydrogen-bond acceptors (Lipinski definition) is 3. The van der Waals surface area contributed by atoms with Crippen molar-refractivity contribution in [2.45, 2.75) is 13.1 Å². The third-order valence-corrected chi connectivity index (χ3v) is 0.875. The van der Waals surface area contributed by atoms with Crippen molar-refractivity contribution in [3.63, 3.8) is 0 Å². The summed E-state index contributed by atoms with van der Waals surface area (Å²) in [6.07, 6.45) is 2.14. The quantitative estimate of drug-likeness (QED) is 0.430. The smallest absolute Gasteiger partial charge is 0.0907 e. The van der Waals surface area contributed by atoms with E-state index in [4.69, 9.17) is 0 Å². The lowest BCUT2D eigenvalue weighted by atomic mass is 10.5. The fourth-order valence-corrected chi connectivity index (χ4v) is 0.485. The van der Waals surface area contributed by atoms with E-state index in [2.05, 4.69) is 15.8 Å². The zero-order chi connectivity index (χ0) is 5.11. The van der Waals surface area contributed by atoms with Gasteiger partial charge in [0.1, 0.15) is 0 Å². The number of rotatable bonds is 0. The van der Waals surface area contributed by atoms with Gasteiger partial charge in [0.2, 0.25) is 0 Å². The van der Waals surface area contributed by atoms with Crippen LogP contribution in [-0.2, 0) is 0 Å². The molecule has 1 aliphatic rings. The maximum absolute atomic E-state index is 3.82. The van der Waals surface area contributed by atoms with Crippen molar-refractivity contribution in [1.82, 2.24) is 10.7 Å². The minimum atomic E-state index is 0.338. The maximum atomic E-state index is 3.82. The first-order valence-electron chi connectivity index (χ1n) is 2.40. The van der Waals surface area contributed by atoms with Crippen LogP contribution in [0.4, 0.5) is 0 Å². The van der Waals surface area contributed by atoms with Gasteiger partial charge in [-0.25, -0.2) is 0 Å². The van der Waals surface area contributed by atoms with Crippen molar-refractivity contribution in [1.29, 1.82) is 0 Å². The van der Waals surface area contributed by atoms with Crippen molar-refractivity contribution in [3.8, 4) is 0 Å². The molecule has 1 unspecified atom stereocenters. The van der Waals surface area contributed by atoms with E-state index >= 15 is 0 Å². The Bertz CT molecular complexity index is 79.0. The van der Waals surface area contributed by atoms with Crippen LogP contribution in [0.5, 0.6) is 0 Å². The van der Waals surface area contributed by atoms with Gasteiger partial charge in [0.05, 0.1) is 6.17 Å². The summed E-state index contributed by atoms with van der Waals surface area (Å²) < 4.78 is 0. The van der Waals surface area contributed by atoms with Crippen molar-refractivity contribution < 1.29 is 0 Å². The van der Waals surface area contributed by atoms with Crippen molar-refractivity contribution >= 4 is 6.21 Å². The molecular formula is C4H9N3. The highest BCUT2D eigenvalue weighted by Gasteiger charge is 1.97. The summed E-state index contributed by atoms with van der Waals surface area (Å²) >= 11 is 0. The largest absolute Gasteiger partial charge is 0.293 e. The molecule has 0 bridgehead atoms. The molecule has 0 aromatic carbocycles. The van der Waals surface area contributed by atoms with Gasteiger partial charge >= 0.3 is 0 Å². The summed E-state index contributed by atoms with van der Waals surface area (Å²) in [5.74, 6) is 0. The molecule has 0 aliphatic carbocycles. The van der Waals surface area contributed by atoms with Gasteiger partial charge < -0.3 is 0 Å². The third-order valence-electron chi connectivity index (χ3n) is 0.875. The topological polar surface area (TPSA) is 36.4 Å². The van der Waals surface area contributed by atoms with Crippen LogP contribution in [0.3, 0.4) is 0 Å². The maximum Gasteiger partial charge on any atom is 0.0907 e. The summed E-state index contributed by atoms with van der Waals surface area (Å²) in [4.78, 5) is 0. The van der Waals surface area contributed by atoms with Crippen molar-refractivity contribution in [2.24, 2.45) is 5.10 Å². The molecule has 7 heavy (non-hydrogen) atoms. The first-order chi connectivity index (χ1) is 3.39. The molecule has 1 rings (SSSR count). The lowest BCUT2D eigenvalue weighted by Crippen LogP contribution is -2.41. The predicted molar refractivity (Wildman–Crippen MR) is 29.1 cm³/mol. The van der Waals surface area contributed by atoms with Crippen molar-refractivity contribution in [2.75, 3.05) is 6.54 Å². The zero-order valence-electron chi connectivity index (χ0n) is 4.31. The summed E-state index contributed by atoms with van der Waals surface area (Å²) in [7, 11) is 0. The van der Waals surface area contributed by atoms with Crippen LogP contribution in [0.15, 0.2) is 5.10 Å². The Morgan fingerprint density at radius 1 is 1.86 bits per heavy atom. The van der Waals surface area contributed by atoms with Crippen LogP contribution in [0.25, 0.3) is 0 Å². The van der Waals surface area contributed by atoms with E-state index in [0.29, 0.717) is 6.17 Å². The molecule has 0 spiro atoms. The first kappa shape index (κ1) is 4.59. The van der Waals surface area contributed by atoms with Crippen LogP contribution < -0.4 is 10.7 Å². The molecule has 0 radical (unpaired) electrons. The molecule has 1 atom stereocenters. The van der Waals surface area contributed by atoms with Crippen LogP contribution in [0.2, 0.25) is 0 Å². The summed E-state index contributed by atoms with van der Waals surface area (Å²) in [5, 5.41) is 6.94. The lowest BCUT2D eigenvalue weighted by molar-refractivity contribution is 0.478. The van der Waals surface area contributed by atoms with Gasteiger partial charge in [-0.15, -0.1) is 0 Å². The second kappa shape index (κ2) is 1.93. The van der Waals surface area contributed by atoms with Gasteiger partial charge in [-0.1, -0.05) is 0 Å². The molecule has 3 nitrogen and oxygen atoms in total. The monoisotopic (exact) mass is 99.1 g/mol. The van der Waals surface area contributed by atoms with Gasteiger partial charge in [0, 0.05) is 12.8 Å². The highest BCUT2D eigenvalue weighted by atomic mass is 15.4. The molecule has 0 fully saturated rings. The van der Waals surface area contributed by atoms with Gasteiger partial charge in [0.15, 0.2) is 0 Å². The number of hydrazone groups is 1. The van der Waals surface area contributed by atoms with E-state index in [9.17, 15) is 0 Å². The van der Waals surface area contributed by atoms with Gasteiger partial charge in [-0.2, -0.15) is 5.10 Å². The highest BCUT2D eigenvalue weighted by molar-refractivity contribution is 5.59. The standard InChI is InChI=1S/C4H9N3/c1-4-5-2-3-6-7-4/h3-5,7H,2H2,1H3. The van der Waals surface area contributed by atoms with Crippen LogP contribution in [0, 0.1) is 0 Å². The molecule has 1 aliphatic heterocycles. The Morgan fingerprint density at radius 3 is 3.00 bits per heavy atom. The molecule has 0 saturated heterocycles. The number of nitrogens with one attached hydrogen (secondary N) is 2. The molecule has 0 aromatic rings. The Morgan fingerprint density at radius 2 is 2.71 bits per heavy atom. The zero-order valence-corrected chi connectivity index (χ0v) is 4.31. The van der Waals surface area contributed by atoms with E-state index in [1.807, 2.05) is 6.92 Å². The van der Waals surface area contributed by atoms with E-state index in [-0.39, 0.29) is 0 Å².